The summed E-state index contributed by atoms with van der Waals surface area (Å²) in [6, 6.07) is 6.29. The van der Waals surface area contributed by atoms with Crippen LogP contribution >= 0.6 is 0 Å². The monoisotopic (exact) mass is 291 g/mol. The van der Waals surface area contributed by atoms with Crippen molar-refractivity contribution in [1.82, 2.24) is 9.97 Å². The molecule has 0 unspecified atom stereocenters. The number of aromatic nitrogens is 2. The first-order chi connectivity index (χ1) is 9.44. The minimum atomic E-state index is -3.36. The lowest BCUT2D eigenvalue weighted by Crippen LogP contribution is -2.10. The summed E-state index contributed by atoms with van der Waals surface area (Å²) in [7, 11) is -3.36. The summed E-state index contributed by atoms with van der Waals surface area (Å²) in [6.45, 7) is 0. The van der Waals surface area contributed by atoms with Crippen molar-refractivity contribution < 1.29 is 13.2 Å². The number of carbonyl (C=O) groups excluding carboxylic acids is 1. The second-order valence-electron chi connectivity index (χ2n) is 4.13. The molecule has 0 aliphatic heterocycles. The summed E-state index contributed by atoms with van der Waals surface area (Å²) in [5.41, 5.74) is 0.742. The number of hydrogen-bond donors (Lipinski definition) is 2. The zero-order chi connectivity index (χ0) is 14.6. The summed E-state index contributed by atoms with van der Waals surface area (Å²) in [5.74, 6) is 0.335. The molecular formula is C13H13N3O3S. The predicted octanol–water partition coefficient (Wildman–Crippen LogP) is 1.68. The fourth-order valence-corrected chi connectivity index (χ4v) is 2.12. The van der Waals surface area contributed by atoms with Gasteiger partial charge in [0.2, 0.25) is 10.0 Å². The van der Waals surface area contributed by atoms with Gasteiger partial charge in [-0.3, -0.25) is 9.52 Å². The molecule has 2 rings (SSSR count). The number of carbonyl (C=O) groups is 1. The number of hydrogen-bond acceptors (Lipinski definition) is 4. The third-order valence-corrected chi connectivity index (χ3v) is 2.97. The maximum Gasteiger partial charge on any atom is 0.229 e. The number of allylic oxidation sites excluding steroid dienone is 1. The van der Waals surface area contributed by atoms with Gasteiger partial charge >= 0.3 is 0 Å². The van der Waals surface area contributed by atoms with Crippen LogP contribution in [0.4, 0.5) is 5.69 Å². The van der Waals surface area contributed by atoms with Crippen molar-refractivity contribution in [2.24, 2.45) is 0 Å². The van der Waals surface area contributed by atoms with Crippen molar-refractivity contribution in [2.75, 3.05) is 11.0 Å². The Morgan fingerprint density at radius 3 is 2.85 bits per heavy atom. The van der Waals surface area contributed by atoms with E-state index in [1.54, 1.807) is 36.7 Å². The number of sulfonamides is 1. The Labute approximate surface area is 116 Å². The van der Waals surface area contributed by atoms with Gasteiger partial charge in [0.1, 0.15) is 5.82 Å². The van der Waals surface area contributed by atoms with E-state index in [2.05, 4.69) is 14.7 Å². The van der Waals surface area contributed by atoms with Crippen LogP contribution < -0.4 is 4.72 Å². The molecule has 0 saturated heterocycles. The Morgan fingerprint density at radius 2 is 2.20 bits per heavy atom. The van der Waals surface area contributed by atoms with E-state index in [0.29, 0.717) is 17.1 Å². The second kappa shape index (κ2) is 5.70. The molecular weight excluding hydrogens is 278 g/mol. The van der Waals surface area contributed by atoms with Crippen molar-refractivity contribution in [3.63, 3.8) is 0 Å². The fraction of sp³-hybridized carbons (Fsp3) is 0.0769. The van der Waals surface area contributed by atoms with Crippen molar-refractivity contribution in [3.05, 3.63) is 54.1 Å². The third kappa shape index (κ3) is 4.06. The summed E-state index contributed by atoms with van der Waals surface area (Å²) in [6.07, 6.45) is 7.22. The number of nitrogens with zero attached hydrogens (tertiary/aromatic N) is 1. The van der Waals surface area contributed by atoms with Crippen molar-refractivity contribution in [1.29, 1.82) is 0 Å². The molecule has 0 fully saturated rings. The van der Waals surface area contributed by atoms with Gasteiger partial charge in [0.05, 0.1) is 6.26 Å². The zero-order valence-corrected chi connectivity index (χ0v) is 11.5. The largest absolute Gasteiger partial charge is 0.345 e. The summed E-state index contributed by atoms with van der Waals surface area (Å²) in [5, 5.41) is 0. The van der Waals surface area contributed by atoms with Gasteiger partial charge in [-0.25, -0.2) is 13.4 Å². The van der Waals surface area contributed by atoms with Crippen LogP contribution in [-0.2, 0) is 10.0 Å². The molecule has 0 saturated carbocycles. The molecule has 7 heteroatoms. The first-order valence-corrected chi connectivity index (χ1v) is 7.63. The maximum absolute atomic E-state index is 12.0. The quantitative estimate of drug-likeness (QED) is 0.647. The highest BCUT2D eigenvalue weighted by molar-refractivity contribution is 7.92. The van der Waals surface area contributed by atoms with Crippen LogP contribution in [0.1, 0.15) is 16.2 Å². The van der Waals surface area contributed by atoms with Crippen LogP contribution in [0.25, 0.3) is 6.08 Å². The molecule has 2 N–H and O–H groups in total. The van der Waals surface area contributed by atoms with Crippen molar-refractivity contribution in [2.45, 2.75) is 0 Å². The molecule has 0 aliphatic carbocycles. The SMILES string of the molecule is CS(=O)(=O)Nc1cccc(C(=O)/C=C/c2ncc[nH]2)c1. The molecule has 2 aromatic rings. The van der Waals surface area contributed by atoms with E-state index in [-0.39, 0.29) is 5.78 Å². The fourth-order valence-electron chi connectivity index (χ4n) is 1.57. The smallest absolute Gasteiger partial charge is 0.229 e. The Morgan fingerprint density at radius 1 is 1.40 bits per heavy atom. The van der Waals surface area contributed by atoms with E-state index >= 15 is 0 Å². The van der Waals surface area contributed by atoms with E-state index in [1.165, 1.54) is 12.1 Å². The number of rotatable bonds is 5. The molecule has 1 aromatic heterocycles. The number of ketones is 1. The minimum Gasteiger partial charge on any atom is -0.345 e. The highest BCUT2D eigenvalue weighted by Crippen LogP contribution is 2.13. The lowest BCUT2D eigenvalue weighted by atomic mass is 10.1. The van der Waals surface area contributed by atoms with Crippen LogP contribution in [0.15, 0.2) is 42.7 Å². The van der Waals surface area contributed by atoms with Crippen LogP contribution in [-0.4, -0.2) is 30.4 Å². The van der Waals surface area contributed by atoms with E-state index in [4.69, 9.17) is 0 Å². The van der Waals surface area contributed by atoms with Crippen LogP contribution in [0.5, 0.6) is 0 Å². The average Bonchev–Trinajstić information content (AvgIpc) is 2.87. The van der Waals surface area contributed by atoms with Crippen molar-refractivity contribution in [3.8, 4) is 0 Å². The molecule has 0 atom stereocenters. The van der Waals surface area contributed by atoms with E-state index in [0.717, 1.165) is 6.26 Å². The number of H-pyrrole nitrogens is 1. The molecule has 0 bridgehead atoms. The highest BCUT2D eigenvalue weighted by Gasteiger charge is 2.06. The van der Waals surface area contributed by atoms with Gasteiger partial charge in [0, 0.05) is 23.6 Å². The van der Waals surface area contributed by atoms with Gasteiger partial charge in [-0.15, -0.1) is 0 Å². The Hall–Kier alpha value is -2.41. The van der Waals surface area contributed by atoms with E-state index in [9.17, 15) is 13.2 Å². The normalized spacial score (nSPS) is 11.7. The Balaban J connectivity index is 2.16. The lowest BCUT2D eigenvalue weighted by Gasteiger charge is -2.04. The molecule has 0 amide bonds. The molecule has 0 radical (unpaired) electrons. The van der Waals surface area contributed by atoms with Gasteiger partial charge in [-0.2, -0.15) is 0 Å². The minimum absolute atomic E-state index is 0.237. The van der Waals surface area contributed by atoms with Crippen molar-refractivity contribution >= 4 is 27.6 Å². The van der Waals surface area contributed by atoms with E-state index in [1.807, 2.05) is 0 Å². The number of nitrogens with one attached hydrogen (secondary N) is 2. The molecule has 1 heterocycles. The maximum atomic E-state index is 12.0. The van der Waals surface area contributed by atoms with Gasteiger partial charge < -0.3 is 4.98 Å². The van der Waals surface area contributed by atoms with Gasteiger partial charge in [-0.1, -0.05) is 12.1 Å². The first kappa shape index (κ1) is 14.0. The third-order valence-electron chi connectivity index (χ3n) is 2.36. The Bertz CT molecular complexity index is 734. The highest BCUT2D eigenvalue weighted by atomic mass is 32.2. The zero-order valence-electron chi connectivity index (χ0n) is 10.7. The molecule has 6 nitrogen and oxygen atoms in total. The van der Waals surface area contributed by atoms with E-state index < -0.39 is 10.0 Å². The number of anilines is 1. The van der Waals surface area contributed by atoms with Crippen LogP contribution in [0, 0.1) is 0 Å². The average molecular weight is 291 g/mol. The summed E-state index contributed by atoms with van der Waals surface area (Å²) in [4.78, 5) is 18.8. The first-order valence-electron chi connectivity index (χ1n) is 5.74. The number of imidazole rings is 1. The number of aromatic amines is 1. The molecule has 0 aliphatic rings. The Kier molecular flexibility index (Phi) is 3.99. The van der Waals surface area contributed by atoms with Crippen LogP contribution in [0.3, 0.4) is 0 Å². The summed E-state index contributed by atoms with van der Waals surface area (Å²) >= 11 is 0. The topological polar surface area (TPSA) is 91.9 Å². The van der Waals surface area contributed by atoms with Gasteiger partial charge in [0.25, 0.3) is 0 Å². The molecule has 0 spiro atoms. The van der Waals surface area contributed by atoms with Crippen LogP contribution in [0.2, 0.25) is 0 Å². The standard InChI is InChI=1S/C13H13N3O3S/c1-20(18,19)16-11-4-2-3-10(9-11)12(17)5-6-13-14-7-8-15-13/h2-9,16H,1H3,(H,14,15)/b6-5+. The van der Waals surface area contributed by atoms with Gasteiger partial charge in [-0.05, 0) is 24.3 Å². The summed E-state index contributed by atoms with van der Waals surface area (Å²) < 4.78 is 24.6. The molecule has 104 valence electrons. The number of benzene rings is 1. The lowest BCUT2D eigenvalue weighted by molar-refractivity contribution is 0.104. The van der Waals surface area contributed by atoms with Gasteiger partial charge in [0.15, 0.2) is 5.78 Å². The molecule has 20 heavy (non-hydrogen) atoms. The molecule has 1 aromatic carbocycles. The second-order valence-corrected chi connectivity index (χ2v) is 5.88. The predicted molar refractivity (Wildman–Crippen MR) is 76.9 cm³/mol.